The maximum atomic E-state index is 13.4. The van der Waals surface area contributed by atoms with Crippen molar-refractivity contribution in [1.82, 2.24) is 20.4 Å². The Hall–Kier alpha value is -2.42. The first-order valence-electron chi connectivity index (χ1n) is 10.3. The van der Waals surface area contributed by atoms with Gasteiger partial charge in [-0.05, 0) is 42.7 Å². The number of halogens is 1. The molecule has 31 heavy (non-hydrogen) atoms. The Bertz CT molecular complexity index is 1000. The molecule has 0 spiro atoms. The van der Waals surface area contributed by atoms with Crippen LogP contribution >= 0.6 is 11.8 Å². The van der Waals surface area contributed by atoms with Crippen molar-refractivity contribution in [2.45, 2.75) is 37.3 Å². The summed E-state index contributed by atoms with van der Waals surface area (Å²) < 4.78 is 13.4. The van der Waals surface area contributed by atoms with Crippen LogP contribution in [0.2, 0.25) is 0 Å². The first-order chi connectivity index (χ1) is 14.8. The summed E-state index contributed by atoms with van der Waals surface area (Å²) in [6.45, 7) is 4.15. The van der Waals surface area contributed by atoms with Gasteiger partial charge in [0.05, 0.1) is 23.6 Å². The molecule has 4 atom stereocenters. The Labute approximate surface area is 186 Å². The van der Waals surface area contributed by atoms with Crippen molar-refractivity contribution in [3.05, 3.63) is 70.5 Å². The van der Waals surface area contributed by atoms with E-state index in [1.54, 1.807) is 35.8 Å². The molecule has 0 bridgehead atoms. The number of fused-ring (bicyclic) bond motifs is 1. The van der Waals surface area contributed by atoms with Gasteiger partial charge in [-0.1, -0.05) is 35.9 Å². The third-order valence-electron chi connectivity index (χ3n) is 6.08. The monoisotopic (exact) mass is 442 g/mol. The molecule has 2 heterocycles. The topological polar surface area (TPSA) is 64.7 Å². The van der Waals surface area contributed by atoms with E-state index in [4.69, 9.17) is 0 Å². The molecule has 8 heteroatoms. The highest BCUT2D eigenvalue weighted by Crippen LogP contribution is 2.36. The molecule has 2 aliphatic rings. The van der Waals surface area contributed by atoms with Gasteiger partial charge < -0.3 is 4.90 Å². The second-order valence-electron chi connectivity index (χ2n) is 8.24. The summed E-state index contributed by atoms with van der Waals surface area (Å²) in [5.41, 5.74) is 4.48. The molecule has 2 aromatic carbocycles. The van der Waals surface area contributed by atoms with Gasteiger partial charge in [0.1, 0.15) is 5.82 Å². The molecule has 2 fully saturated rings. The molecule has 3 amide bonds. The second-order valence-corrected chi connectivity index (χ2v) is 9.37. The van der Waals surface area contributed by atoms with E-state index in [1.807, 2.05) is 0 Å². The first-order valence-corrected chi connectivity index (χ1v) is 11.3. The average Bonchev–Trinajstić information content (AvgIpc) is 2.76. The van der Waals surface area contributed by atoms with E-state index >= 15 is 0 Å². The summed E-state index contributed by atoms with van der Waals surface area (Å²) in [5.74, 6) is -0.220. The zero-order chi connectivity index (χ0) is 22.3. The van der Waals surface area contributed by atoms with Crippen LogP contribution in [0.4, 0.5) is 9.18 Å². The highest BCUT2D eigenvalue weighted by Gasteiger charge is 2.51. The van der Waals surface area contributed by atoms with Crippen molar-refractivity contribution in [2.24, 2.45) is 5.92 Å². The van der Waals surface area contributed by atoms with Crippen LogP contribution in [0, 0.1) is 25.6 Å². The zero-order valence-corrected chi connectivity index (χ0v) is 18.9. The van der Waals surface area contributed by atoms with Crippen molar-refractivity contribution in [3.63, 3.8) is 0 Å². The number of rotatable bonds is 4. The van der Waals surface area contributed by atoms with Crippen LogP contribution in [-0.2, 0) is 10.5 Å². The number of urea groups is 1. The fourth-order valence-electron chi connectivity index (χ4n) is 4.18. The molecule has 2 N–H and O–H groups in total. The van der Waals surface area contributed by atoms with Gasteiger partial charge in [-0.15, -0.1) is 11.8 Å². The number of imide groups is 1. The molecule has 2 aromatic rings. The minimum atomic E-state index is -0.455. The molecule has 0 radical (unpaired) electrons. The summed E-state index contributed by atoms with van der Waals surface area (Å²) in [6.07, 6.45) is -0.770. The highest BCUT2D eigenvalue weighted by atomic mass is 32.2. The molecule has 0 aromatic heterocycles. The van der Waals surface area contributed by atoms with Gasteiger partial charge in [-0.3, -0.25) is 20.3 Å². The fourth-order valence-corrected chi connectivity index (χ4v) is 5.56. The lowest BCUT2D eigenvalue weighted by Gasteiger charge is -2.50. The number of hydrogen-bond donors (Lipinski definition) is 2. The molecule has 0 saturated carbocycles. The minimum absolute atomic E-state index is 0.205. The van der Waals surface area contributed by atoms with Gasteiger partial charge in [0.15, 0.2) is 0 Å². The predicted octanol–water partition coefficient (Wildman–Crippen LogP) is 3.36. The smallest absolute Gasteiger partial charge is 0.311 e. The summed E-state index contributed by atoms with van der Waals surface area (Å²) >= 11 is 1.66. The fraction of sp³-hybridized carbons (Fsp3) is 0.391. The van der Waals surface area contributed by atoms with E-state index in [-0.39, 0.29) is 29.3 Å². The minimum Gasteiger partial charge on any atom is -0.311 e. The van der Waals surface area contributed by atoms with E-state index < -0.39 is 12.1 Å². The Morgan fingerprint density at radius 3 is 2.45 bits per heavy atom. The predicted molar refractivity (Wildman–Crippen MR) is 120 cm³/mol. The van der Waals surface area contributed by atoms with Gasteiger partial charge >= 0.3 is 6.03 Å². The Kier molecular flexibility index (Phi) is 6.05. The lowest BCUT2D eigenvalue weighted by Crippen LogP contribution is -2.72. The molecule has 4 rings (SSSR count). The molecule has 164 valence electrons. The highest BCUT2D eigenvalue weighted by molar-refractivity contribution is 7.99. The van der Waals surface area contributed by atoms with Crippen LogP contribution in [0.15, 0.2) is 42.5 Å². The quantitative estimate of drug-likeness (QED) is 0.760. The molecular weight excluding hydrogens is 415 g/mol. The van der Waals surface area contributed by atoms with E-state index in [0.29, 0.717) is 0 Å². The third-order valence-corrected chi connectivity index (χ3v) is 7.35. The Balaban J connectivity index is 1.63. The summed E-state index contributed by atoms with van der Waals surface area (Å²) in [4.78, 5) is 28.4. The summed E-state index contributed by atoms with van der Waals surface area (Å²) in [5, 5.41) is 6.67. The number of aryl methyl sites for hydroxylation is 2. The van der Waals surface area contributed by atoms with Crippen molar-refractivity contribution in [2.75, 3.05) is 14.1 Å². The van der Waals surface area contributed by atoms with Crippen molar-refractivity contribution in [3.8, 4) is 0 Å². The number of nitrogens with one attached hydrogen (secondary N) is 2. The summed E-state index contributed by atoms with van der Waals surface area (Å²) in [7, 11) is 3.23. The number of thioether (sulfide) groups is 1. The summed E-state index contributed by atoms with van der Waals surface area (Å²) in [6, 6.07) is 12.3. The van der Waals surface area contributed by atoms with Crippen LogP contribution in [0.5, 0.6) is 0 Å². The lowest BCUT2D eigenvalue weighted by atomic mass is 9.96. The van der Waals surface area contributed by atoms with Crippen LogP contribution < -0.4 is 10.6 Å². The number of benzene rings is 2. The van der Waals surface area contributed by atoms with E-state index in [1.165, 1.54) is 40.8 Å². The van der Waals surface area contributed by atoms with Crippen molar-refractivity contribution < 1.29 is 14.0 Å². The number of carbonyl (C=O) groups excluding carboxylic acids is 2. The number of amides is 3. The van der Waals surface area contributed by atoms with Gasteiger partial charge in [0.25, 0.3) is 0 Å². The third kappa shape index (κ3) is 4.20. The maximum absolute atomic E-state index is 13.4. The molecule has 0 aliphatic carbocycles. The molecule has 6 nitrogen and oxygen atoms in total. The molecule has 4 unspecified atom stereocenters. The van der Waals surface area contributed by atoms with Gasteiger partial charge in [0.2, 0.25) is 5.91 Å². The van der Waals surface area contributed by atoms with E-state index in [0.717, 1.165) is 11.3 Å². The van der Waals surface area contributed by atoms with Crippen molar-refractivity contribution >= 4 is 23.7 Å². The lowest BCUT2D eigenvalue weighted by molar-refractivity contribution is -0.140. The SMILES string of the molecule is Cc1ccc(C)c(CSC2NC(c3ccc(F)cc3)NC3C2C(=O)N(C)C(=O)N3C)c1. The van der Waals surface area contributed by atoms with Gasteiger partial charge in [0, 0.05) is 19.8 Å². The average molecular weight is 443 g/mol. The molecular formula is C23H27FN4O2S. The van der Waals surface area contributed by atoms with Crippen molar-refractivity contribution in [1.29, 1.82) is 0 Å². The Morgan fingerprint density at radius 1 is 1.03 bits per heavy atom. The normalized spacial score (nSPS) is 26.2. The molecule has 2 aliphatic heterocycles. The van der Waals surface area contributed by atoms with E-state index in [2.05, 4.69) is 42.7 Å². The van der Waals surface area contributed by atoms with Crippen LogP contribution in [-0.4, -0.2) is 47.4 Å². The van der Waals surface area contributed by atoms with Gasteiger partial charge in [-0.25, -0.2) is 9.18 Å². The van der Waals surface area contributed by atoms with Crippen LogP contribution in [0.3, 0.4) is 0 Å². The number of hydrogen-bond acceptors (Lipinski definition) is 5. The molecule has 2 saturated heterocycles. The standard InChI is InChI=1S/C23H27FN4O2S/c1-13-5-6-14(2)16(11-13)12-31-21-18-20(27(3)23(30)28(4)22(18)29)25-19(26-21)15-7-9-17(24)10-8-15/h5-11,18-21,25-26H,12H2,1-4H3. The largest absolute Gasteiger partial charge is 0.327 e. The maximum Gasteiger partial charge on any atom is 0.327 e. The van der Waals surface area contributed by atoms with Gasteiger partial charge in [-0.2, -0.15) is 0 Å². The number of carbonyl (C=O) groups is 2. The second kappa shape index (κ2) is 8.61. The first kappa shape index (κ1) is 21.8. The number of nitrogens with zero attached hydrogens (tertiary/aromatic N) is 2. The van der Waals surface area contributed by atoms with Crippen LogP contribution in [0.1, 0.15) is 28.4 Å². The Morgan fingerprint density at radius 2 is 1.74 bits per heavy atom. The van der Waals surface area contributed by atoms with E-state index in [9.17, 15) is 14.0 Å². The van der Waals surface area contributed by atoms with Crippen LogP contribution in [0.25, 0.3) is 0 Å². The zero-order valence-electron chi connectivity index (χ0n) is 18.1.